The molecule has 0 aromatic rings. The molecular weight excluding hydrogens is 440 g/mol. The van der Waals surface area contributed by atoms with Gasteiger partial charge < -0.3 is 29.2 Å². The Bertz CT molecular complexity index is 455. The predicted molar refractivity (Wildman–Crippen MR) is 131 cm³/mol. The van der Waals surface area contributed by atoms with E-state index in [0.29, 0.717) is 37.9 Å². The Morgan fingerprint density at radius 2 is 1.00 bits per heavy atom. The molecule has 0 rings (SSSR count). The van der Waals surface area contributed by atoms with Crippen LogP contribution in [-0.4, -0.2) is 61.2 Å². The summed E-state index contributed by atoms with van der Waals surface area (Å²) in [5.41, 5.74) is 0. The summed E-state index contributed by atoms with van der Waals surface area (Å²) in [5, 5.41) is 19.6. The number of aliphatic hydroxyl groups is 2. The average Bonchev–Trinajstić information content (AvgIpc) is 2.81. The zero-order valence-electron chi connectivity index (χ0n) is 22.0. The minimum absolute atomic E-state index is 0.0434. The lowest BCUT2D eigenvalue weighted by Crippen LogP contribution is -2.25. The predicted octanol–water partition coefficient (Wildman–Crippen LogP) is 4.74. The minimum atomic E-state index is -1.29. The summed E-state index contributed by atoms with van der Waals surface area (Å²) in [5.74, 6) is -0.174. The molecule has 202 valence electrons. The van der Waals surface area contributed by atoms with Gasteiger partial charge in [-0.2, -0.15) is 0 Å². The van der Waals surface area contributed by atoms with Crippen molar-refractivity contribution in [2.75, 3.05) is 26.4 Å². The second-order valence-electron chi connectivity index (χ2n) is 9.00. The van der Waals surface area contributed by atoms with Gasteiger partial charge in [0.2, 0.25) is 12.6 Å². The van der Waals surface area contributed by atoms with Crippen LogP contribution in [0.4, 0.5) is 0 Å². The highest BCUT2D eigenvalue weighted by Gasteiger charge is 2.15. The molecule has 0 amide bonds. The fraction of sp³-hybridized carbons (Fsp3) is 0.923. The first-order chi connectivity index (χ1) is 16.4. The van der Waals surface area contributed by atoms with Crippen molar-refractivity contribution < 1.29 is 38.7 Å². The monoisotopic (exact) mass is 490 g/mol. The topological polar surface area (TPSA) is 112 Å². The number of ether oxygens (including phenoxy) is 4. The molecule has 0 heterocycles. The Morgan fingerprint density at radius 1 is 0.618 bits per heavy atom. The SMILES string of the molecule is CCCCC(CC)COCC(O)OC(=O)CCCCC(=O)OC(O)COCC(CC)CCCC. The van der Waals surface area contributed by atoms with Gasteiger partial charge in [-0.3, -0.25) is 9.59 Å². The number of unbranched alkanes of at least 4 members (excludes halogenated alkanes) is 3. The summed E-state index contributed by atoms with van der Waals surface area (Å²) in [6.45, 7) is 9.52. The lowest BCUT2D eigenvalue weighted by molar-refractivity contribution is -0.180. The molecule has 0 aliphatic heterocycles. The van der Waals surface area contributed by atoms with Gasteiger partial charge in [-0.15, -0.1) is 0 Å². The highest BCUT2D eigenvalue weighted by Crippen LogP contribution is 2.14. The van der Waals surface area contributed by atoms with E-state index in [9.17, 15) is 19.8 Å². The van der Waals surface area contributed by atoms with E-state index < -0.39 is 24.5 Å². The maximum atomic E-state index is 11.8. The summed E-state index contributed by atoms with van der Waals surface area (Å²) < 4.78 is 20.8. The number of hydrogen-bond acceptors (Lipinski definition) is 8. The molecule has 8 nitrogen and oxygen atoms in total. The third-order valence-corrected chi connectivity index (χ3v) is 5.86. The number of carbonyl (C=O) groups is 2. The first kappa shape index (κ1) is 32.8. The second-order valence-corrected chi connectivity index (χ2v) is 9.00. The van der Waals surface area contributed by atoms with Gasteiger partial charge in [-0.25, -0.2) is 0 Å². The molecular formula is C26H50O8. The second kappa shape index (κ2) is 22.3. The van der Waals surface area contributed by atoms with Crippen molar-refractivity contribution in [1.29, 1.82) is 0 Å². The Kier molecular flexibility index (Phi) is 21.5. The molecule has 0 fully saturated rings. The molecule has 4 atom stereocenters. The number of rotatable bonds is 23. The van der Waals surface area contributed by atoms with Crippen LogP contribution >= 0.6 is 0 Å². The zero-order chi connectivity index (χ0) is 25.6. The van der Waals surface area contributed by atoms with E-state index in [0.717, 1.165) is 51.4 Å². The first-order valence-corrected chi connectivity index (χ1v) is 13.3. The summed E-state index contributed by atoms with van der Waals surface area (Å²) in [7, 11) is 0. The summed E-state index contributed by atoms with van der Waals surface area (Å²) in [6.07, 6.45) is 7.22. The van der Waals surface area contributed by atoms with Crippen LogP contribution < -0.4 is 0 Å². The number of carbonyl (C=O) groups excluding carboxylic acids is 2. The fourth-order valence-electron chi connectivity index (χ4n) is 3.50. The van der Waals surface area contributed by atoms with Crippen LogP contribution in [0.2, 0.25) is 0 Å². The molecule has 0 spiro atoms. The highest BCUT2D eigenvalue weighted by molar-refractivity contribution is 5.70. The standard InChI is InChI=1S/C26H50O8/c1-5-9-13-21(7-3)17-31-19-25(29)33-23(27)15-11-12-16-24(28)34-26(30)20-32-18-22(8-4)14-10-6-2/h21-22,25-26,29-30H,5-20H2,1-4H3. The fourth-order valence-corrected chi connectivity index (χ4v) is 3.50. The minimum Gasteiger partial charge on any atom is -0.433 e. The summed E-state index contributed by atoms with van der Waals surface area (Å²) in [6, 6.07) is 0. The van der Waals surface area contributed by atoms with Crippen molar-refractivity contribution in [3.05, 3.63) is 0 Å². The van der Waals surface area contributed by atoms with Gasteiger partial charge in [0.1, 0.15) is 13.2 Å². The lowest BCUT2D eigenvalue weighted by Gasteiger charge is -2.17. The van der Waals surface area contributed by atoms with Crippen LogP contribution in [0.5, 0.6) is 0 Å². The normalized spacial score (nSPS) is 14.9. The molecule has 34 heavy (non-hydrogen) atoms. The Balaban J connectivity index is 3.83. The highest BCUT2D eigenvalue weighted by atomic mass is 16.7. The van der Waals surface area contributed by atoms with Crippen molar-refractivity contribution in [2.45, 2.75) is 117 Å². The molecule has 8 heteroatoms. The molecule has 4 unspecified atom stereocenters. The van der Waals surface area contributed by atoms with Crippen molar-refractivity contribution in [3.63, 3.8) is 0 Å². The van der Waals surface area contributed by atoms with Gasteiger partial charge in [0, 0.05) is 26.1 Å². The van der Waals surface area contributed by atoms with Crippen LogP contribution in [0.1, 0.15) is 105 Å². The van der Waals surface area contributed by atoms with E-state index in [2.05, 4.69) is 27.7 Å². The van der Waals surface area contributed by atoms with Crippen LogP contribution in [-0.2, 0) is 28.5 Å². The third-order valence-electron chi connectivity index (χ3n) is 5.86. The van der Waals surface area contributed by atoms with Crippen molar-refractivity contribution in [1.82, 2.24) is 0 Å². The Morgan fingerprint density at radius 3 is 1.32 bits per heavy atom. The smallest absolute Gasteiger partial charge is 0.308 e. The number of esters is 2. The molecule has 0 aromatic heterocycles. The van der Waals surface area contributed by atoms with Gasteiger partial charge in [-0.05, 0) is 37.5 Å². The molecule has 0 aliphatic carbocycles. The molecule has 0 aromatic carbocycles. The van der Waals surface area contributed by atoms with Gasteiger partial charge in [0.15, 0.2) is 0 Å². The van der Waals surface area contributed by atoms with Crippen LogP contribution in [0.15, 0.2) is 0 Å². The molecule has 0 bridgehead atoms. The van der Waals surface area contributed by atoms with Crippen molar-refractivity contribution in [3.8, 4) is 0 Å². The Labute approximate surface area is 206 Å². The van der Waals surface area contributed by atoms with E-state index in [4.69, 9.17) is 18.9 Å². The molecule has 2 N–H and O–H groups in total. The van der Waals surface area contributed by atoms with Crippen LogP contribution in [0, 0.1) is 11.8 Å². The number of hydrogen-bond donors (Lipinski definition) is 2. The van der Waals surface area contributed by atoms with Crippen molar-refractivity contribution in [2.24, 2.45) is 11.8 Å². The lowest BCUT2D eigenvalue weighted by atomic mass is 10.0. The van der Waals surface area contributed by atoms with Crippen LogP contribution in [0.25, 0.3) is 0 Å². The molecule has 0 radical (unpaired) electrons. The van der Waals surface area contributed by atoms with E-state index in [-0.39, 0.29) is 26.1 Å². The van der Waals surface area contributed by atoms with Crippen molar-refractivity contribution >= 4 is 11.9 Å². The van der Waals surface area contributed by atoms with Gasteiger partial charge in [0.05, 0.1) is 0 Å². The average molecular weight is 491 g/mol. The largest absolute Gasteiger partial charge is 0.433 e. The van der Waals surface area contributed by atoms with Gasteiger partial charge >= 0.3 is 11.9 Å². The van der Waals surface area contributed by atoms with Gasteiger partial charge in [-0.1, -0.05) is 66.2 Å². The van der Waals surface area contributed by atoms with E-state index >= 15 is 0 Å². The quantitative estimate of drug-likeness (QED) is 0.120. The third kappa shape index (κ3) is 19.1. The summed E-state index contributed by atoms with van der Waals surface area (Å²) in [4.78, 5) is 23.6. The van der Waals surface area contributed by atoms with E-state index in [1.165, 1.54) is 0 Å². The summed E-state index contributed by atoms with van der Waals surface area (Å²) >= 11 is 0. The first-order valence-electron chi connectivity index (χ1n) is 13.3. The molecule has 0 saturated carbocycles. The maximum Gasteiger partial charge on any atom is 0.308 e. The van der Waals surface area contributed by atoms with E-state index in [1.54, 1.807) is 0 Å². The van der Waals surface area contributed by atoms with Gasteiger partial charge in [0.25, 0.3) is 0 Å². The molecule has 0 aliphatic rings. The zero-order valence-corrected chi connectivity index (χ0v) is 22.0. The van der Waals surface area contributed by atoms with E-state index in [1.807, 2.05) is 0 Å². The maximum absolute atomic E-state index is 11.8. The molecule has 0 saturated heterocycles. The van der Waals surface area contributed by atoms with Crippen LogP contribution in [0.3, 0.4) is 0 Å². The Hall–Kier alpha value is -1.22. The number of aliphatic hydroxyl groups excluding tert-OH is 2.